The summed E-state index contributed by atoms with van der Waals surface area (Å²) in [6, 6.07) is 0. The number of carbonyl (C=O) groups excluding carboxylic acids is 1. The first-order valence-electron chi connectivity index (χ1n) is 10.9. The molecule has 2 aliphatic rings. The zero-order chi connectivity index (χ0) is 20.9. The molecule has 1 amide bonds. The first-order chi connectivity index (χ1) is 13.9. The minimum atomic E-state index is -3.67. The molecule has 29 heavy (non-hydrogen) atoms. The standard InChI is InChI=1S/C20H35N5O3S/c1-3-11-24-12-7-13-25(29(27,28)19-16-23(2)17-22-19)14-10-21-18(26)15-20(24)8-5-4-6-9-20/h16-17H,3-15H2,1-2H3,(H,21,26). The maximum absolute atomic E-state index is 13.1. The smallest absolute Gasteiger partial charge is 0.262 e. The van der Waals surface area contributed by atoms with Gasteiger partial charge >= 0.3 is 0 Å². The van der Waals surface area contributed by atoms with Gasteiger partial charge in [-0.2, -0.15) is 4.31 Å². The van der Waals surface area contributed by atoms with E-state index in [2.05, 4.69) is 22.1 Å². The SMILES string of the molecule is CCCN1CCCN(S(=O)(=O)c2cn(C)cn2)CCNC(=O)CC12CCCCC2. The van der Waals surface area contributed by atoms with Crippen molar-refractivity contribution in [3.8, 4) is 0 Å². The van der Waals surface area contributed by atoms with E-state index in [1.165, 1.54) is 23.3 Å². The summed E-state index contributed by atoms with van der Waals surface area (Å²) < 4.78 is 29.2. The van der Waals surface area contributed by atoms with Crippen molar-refractivity contribution in [2.24, 2.45) is 7.05 Å². The largest absolute Gasteiger partial charge is 0.355 e. The van der Waals surface area contributed by atoms with Crippen LogP contribution in [0.5, 0.6) is 0 Å². The molecule has 0 bridgehead atoms. The van der Waals surface area contributed by atoms with Crippen molar-refractivity contribution >= 4 is 15.9 Å². The number of hydrogen-bond donors (Lipinski definition) is 1. The van der Waals surface area contributed by atoms with Gasteiger partial charge < -0.3 is 9.88 Å². The van der Waals surface area contributed by atoms with Crippen LogP contribution in [0.15, 0.2) is 17.6 Å². The maximum atomic E-state index is 13.1. The third kappa shape index (κ3) is 5.19. The third-order valence-corrected chi connectivity index (χ3v) is 8.03. The fourth-order valence-electron chi connectivity index (χ4n) is 4.80. The molecule has 1 aromatic rings. The van der Waals surface area contributed by atoms with Crippen molar-refractivity contribution in [2.45, 2.75) is 68.9 Å². The number of aromatic nitrogens is 2. The summed E-state index contributed by atoms with van der Waals surface area (Å²) in [6.45, 7) is 4.96. The van der Waals surface area contributed by atoms with Gasteiger partial charge in [-0.1, -0.05) is 26.2 Å². The van der Waals surface area contributed by atoms with Crippen molar-refractivity contribution in [1.29, 1.82) is 0 Å². The Labute approximate surface area is 174 Å². The number of imidazole rings is 1. The van der Waals surface area contributed by atoms with Gasteiger partial charge in [-0.05, 0) is 38.8 Å². The number of nitrogens with one attached hydrogen (secondary N) is 1. The van der Waals surface area contributed by atoms with Gasteiger partial charge in [-0.15, -0.1) is 0 Å². The fourth-order valence-corrected chi connectivity index (χ4v) is 6.24. The van der Waals surface area contributed by atoms with Gasteiger partial charge in [0.05, 0.1) is 6.33 Å². The minimum Gasteiger partial charge on any atom is -0.355 e. The van der Waals surface area contributed by atoms with Crippen molar-refractivity contribution < 1.29 is 13.2 Å². The number of nitrogens with zero attached hydrogens (tertiary/aromatic N) is 4. The molecule has 0 radical (unpaired) electrons. The molecule has 9 heteroatoms. The number of sulfonamides is 1. The highest BCUT2D eigenvalue weighted by Gasteiger charge is 2.39. The van der Waals surface area contributed by atoms with E-state index in [0.29, 0.717) is 19.5 Å². The molecule has 2 fully saturated rings. The van der Waals surface area contributed by atoms with Crippen molar-refractivity contribution in [3.63, 3.8) is 0 Å². The summed E-state index contributed by atoms with van der Waals surface area (Å²) in [4.78, 5) is 19.3. The van der Waals surface area contributed by atoms with Crippen LogP contribution >= 0.6 is 0 Å². The Hall–Kier alpha value is -1.45. The van der Waals surface area contributed by atoms with Crippen molar-refractivity contribution in [1.82, 2.24) is 24.1 Å². The third-order valence-electron chi connectivity index (χ3n) is 6.24. The second-order valence-electron chi connectivity index (χ2n) is 8.43. The van der Waals surface area contributed by atoms with Crippen LogP contribution in [0.1, 0.15) is 58.3 Å². The Balaban J connectivity index is 1.81. The van der Waals surface area contributed by atoms with Crippen LogP contribution in [0.25, 0.3) is 0 Å². The predicted molar refractivity (Wildman–Crippen MR) is 112 cm³/mol. The van der Waals surface area contributed by atoms with Gasteiger partial charge in [-0.3, -0.25) is 9.69 Å². The quantitative estimate of drug-likeness (QED) is 0.794. The molecular weight excluding hydrogens is 390 g/mol. The van der Waals surface area contributed by atoms with Gasteiger partial charge in [0.25, 0.3) is 10.0 Å². The minimum absolute atomic E-state index is 0.0325. The molecule has 1 spiro atoms. The average molecular weight is 426 g/mol. The summed E-state index contributed by atoms with van der Waals surface area (Å²) in [5, 5.41) is 3.04. The molecule has 8 nitrogen and oxygen atoms in total. The lowest BCUT2D eigenvalue weighted by Gasteiger charge is -2.46. The Morgan fingerprint density at radius 2 is 1.90 bits per heavy atom. The molecule has 0 unspecified atom stereocenters. The topological polar surface area (TPSA) is 87.5 Å². The molecule has 1 aliphatic heterocycles. The second kappa shape index (κ2) is 9.57. The number of rotatable bonds is 4. The number of amides is 1. The Morgan fingerprint density at radius 3 is 2.55 bits per heavy atom. The van der Waals surface area contributed by atoms with Gasteiger partial charge in [0.15, 0.2) is 5.03 Å². The van der Waals surface area contributed by atoms with E-state index >= 15 is 0 Å². The van der Waals surface area contributed by atoms with Crippen LogP contribution in [0, 0.1) is 0 Å². The van der Waals surface area contributed by atoms with Crippen LogP contribution in [-0.2, 0) is 21.9 Å². The van der Waals surface area contributed by atoms with E-state index in [1.54, 1.807) is 11.6 Å². The lowest BCUT2D eigenvalue weighted by atomic mass is 9.77. The van der Waals surface area contributed by atoms with E-state index in [1.807, 2.05) is 0 Å². The molecule has 1 N–H and O–H groups in total. The number of carbonyl (C=O) groups is 1. The van der Waals surface area contributed by atoms with Gasteiger partial charge in [0, 0.05) is 44.8 Å². The van der Waals surface area contributed by atoms with Gasteiger partial charge in [-0.25, -0.2) is 13.4 Å². The molecule has 1 saturated heterocycles. The van der Waals surface area contributed by atoms with E-state index < -0.39 is 10.0 Å². The summed E-state index contributed by atoms with van der Waals surface area (Å²) >= 11 is 0. The number of hydrogen-bond acceptors (Lipinski definition) is 5. The average Bonchev–Trinajstić information content (AvgIpc) is 3.12. The van der Waals surface area contributed by atoms with Crippen LogP contribution in [0.4, 0.5) is 0 Å². The molecule has 0 aromatic carbocycles. The molecule has 1 saturated carbocycles. The van der Waals surface area contributed by atoms with Gasteiger partial charge in [0.2, 0.25) is 5.91 Å². The van der Waals surface area contributed by atoms with E-state index in [0.717, 1.165) is 51.6 Å². The van der Waals surface area contributed by atoms with Crippen LogP contribution < -0.4 is 5.32 Å². The zero-order valence-corrected chi connectivity index (χ0v) is 18.6. The first-order valence-corrected chi connectivity index (χ1v) is 12.3. The van der Waals surface area contributed by atoms with Crippen LogP contribution in [0.3, 0.4) is 0 Å². The Morgan fingerprint density at radius 1 is 1.14 bits per heavy atom. The normalized spacial score (nSPS) is 22.9. The predicted octanol–water partition coefficient (Wildman–Crippen LogP) is 1.74. The van der Waals surface area contributed by atoms with Gasteiger partial charge in [0.1, 0.15) is 0 Å². The van der Waals surface area contributed by atoms with Crippen LogP contribution in [0.2, 0.25) is 0 Å². The monoisotopic (exact) mass is 425 g/mol. The van der Waals surface area contributed by atoms with Crippen molar-refractivity contribution in [3.05, 3.63) is 12.5 Å². The van der Waals surface area contributed by atoms with E-state index in [9.17, 15) is 13.2 Å². The molecule has 2 heterocycles. The summed E-state index contributed by atoms with van der Waals surface area (Å²) in [5.74, 6) is 0.0325. The van der Waals surface area contributed by atoms with E-state index in [-0.39, 0.29) is 23.0 Å². The Kier molecular flexibility index (Phi) is 7.34. The van der Waals surface area contributed by atoms with Crippen LogP contribution in [-0.4, -0.2) is 71.3 Å². The molecule has 1 aliphatic carbocycles. The maximum Gasteiger partial charge on any atom is 0.262 e. The highest BCUT2D eigenvalue weighted by Crippen LogP contribution is 2.37. The molecular formula is C20H35N5O3S. The fraction of sp³-hybridized carbons (Fsp3) is 0.800. The number of aryl methyl sites for hydroxylation is 1. The molecule has 164 valence electrons. The lowest BCUT2D eigenvalue weighted by Crippen LogP contribution is -2.53. The molecule has 1 aromatic heterocycles. The zero-order valence-electron chi connectivity index (χ0n) is 17.8. The van der Waals surface area contributed by atoms with E-state index in [4.69, 9.17) is 0 Å². The Bertz CT molecular complexity index is 786. The molecule has 3 rings (SSSR count). The first kappa shape index (κ1) is 22.2. The lowest BCUT2D eigenvalue weighted by molar-refractivity contribution is -0.125. The summed E-state index contributed by atoms with van der Waals surface area (Å²) in [6.07, 6.45) is 11.0. The molecule has 0 atom stereocenters. The summed E-state index contributed by atoms with van der Waals surface area (Å²) in [7, 11) is -1.91. The van der Waals surface area contributed by atoms with Crippen molar-refractivity contribution in [2.75, 3.05) is 32.7 Å². The highest BCUT2D eigenvalue weighted by atomic mass is 32.2. The summed E-state index contributed by atoms with van der Waals surface area (Å²) in [5.41, 5.74) is -0.0760. The highest BCUT2D eigenvalue weighted by molar-refractivity contribution is 7.89. The second-order valence-corrected chi connectivity index (χ2v) is 10.3.